The summed E-state index contributed by atoms with van der Waals surface area (Å²) in [6.45, 7) is 0.00708. The molecule has 2 aromatic carbocycles. The van der Waals surface area contributed by atoms with E-state index in [1.165, 1.54) is 40.0 Å². The maximum absolute atomic E-state index is 13.7. The van der Waals surface area contributed by atoms with Crippen LogP contribution < -0.4 is 5.43 Å². The van der Waals surface area contributed by atoms with Crippen molar-refractivity contribution in [3.05, 3.63) is 83.4 Å². The summed E-state index contributed by atoms with van der Waals surface area (Å²) in [5, 5.41) is 5.85. The molecule has 172 valence electrons. The fraction of sp³-hybridized carbons (Fsp3) is 0.217. The van der Waals surface area contributed by atoms with Gasteiger partial charge in [0.1, 0.15) is 11.5 Å². The second-order valence-corrected chi connectivity index (χ2v) is 7.86. The molecule has 1 atom stereocenters. The smallest absolute Gasteiger partial charge is 0.332 e. The maximum Gasteiger partial charge on any atom is 0.416 e. The predicted octanol–water partition coefficient (Wildman–Crippen LogP) is 4.24. The minimum atomic E-state index is -4.54. The van der Waals surface area contributed by atoms with Crippen molar-refractivity contribution in [3.8, 4) is 0 Å². The van der Waals surface area contributed by atoms with Gasteiger partial charge in [-0.1, -0.05) is 18.2 Å². The SMILES string of the molecule is CN(C)C1C=CN(NC(=O)c2cc3ccc(C(F)(F)F)cc3n2Cc2cccc(F)c2)N=C1. The Balaban J connectivity index is 1.71. The Morgan fingerprint density at radius 1 is 1.15 bits per heavy atom. The number of hydrogen-bond donors (Lipinski definition) is 1. The molecule has 2 heterocycles. The van der Waals surface area contributed by atoms with Crippen LogP contribution >= 0.6 is 0 Å². The number of hydrazine groups is 1. The Kier molecular flexibility index (Phi) is 5.94. The van der Waals surface area contributed by atoms with Crippen LogP contribution in [0, 0.1) is 5.82 Å². The quantitative estimate of drug-likeness (QED) is 0.581. The van der Waals surface area contributed by atoms with Gasteiger partial charge in [0.25, 0.3) is 5.91 Å². The highest BCUT2D eigenvalue weighted by Gasteiger charge is 2.31. The molecule has 0 fully saturated rings. The molecule has 1 aliphatic rings. The van der Waals surface area contributed by atoms with Crippen molar-refractivity contribution < 1.29 is 22.4 Å². The van der Waals surface area contributed by atoms with Crippen molar-refractivity contribution in [1.29, 1.82) is 0 Å². The molecule has 1 N–H and O–H groups in total. The van der Waals surface area contributed by atoms with Crippen LogP contribution in [0.2, 0.25) is 0 Å². The lowest BCUT2D eigenvalue weighted by Gasteiger charge is -2.24. The topological polar surface area (TPSA) is 52.9 Å². The highest BCUT2D eigenvalue weighted by atomic mass is 19.4. The van der Waals surface area contributed by atoms with Gasteiger partial charge in [0.05, 0.1) is 11.6 Å². The summed E-state index contributed by atoms with van der Waals surface area (Å²) in [5.74, 6) is -1.05. The molecule has 1 amide bonds. The fourth-order valence-electron chi connectivity index (χ4n) is 3.54. The molecule has 0 aliphatic carbocycles. The van der Waals surface area contributed by atoms with Crippen molar-refractivity contribution in [2.45, 2.75) is 18.8 Å². The Morgan fingerprint density at radius 3 is 2.58 bits per heavy atom. The van der Waals surface area contributed by atoms with Crippen molar-refractivity contribution in [1.82, 2.24) is 20.0 Å². The number of likely N-dealkylation sites (N-methyl/N-ethyl adjacent to an activating group) is 1. The molecule has 0 saturated carbocycles. The van der Waals surface area contributed by atoms with Crippen LogP contribution in [-0.4, -0.2) is 46.8 Å². The Bertz CT molecular complexity index is 1230. The zero-order valence-electron chi connectivity index (χ0n) is 17.8. The molecular weight excluding hydrogens is 438 g/mol. The third-order valence-corrected chi connectivity index (χ3v) is 5.27. The maximum atomic E-state index is 13.7. The van der Waals surface area contributed by atoms with Crippen molar-refractivity contribution in [3.63, 3.8) is 0 Å². The van der Waals surface area contributed by atoms with Gasteiger partial charge < -0.3 is 4.57 Å². The van der Waals surface area contributed by atoms with Crippen LogP contribution in [0.25, 0.3) is 10.9 Å². The Labute approximate surface area is 187 Å². The van der Waals surface area contributed by atoms with Gasteiger partial charge >= 0.3 is 6.18 Å². The van der Waals surface area contributed by atoms with Crippen molar-refractivity contribution in [2.24, 2.45) is 5.10 Å². The number of nitrogens with zero attached hydrogens (tertiary/aromatic N) is 4. The molecule has 10 heteroatoms. The van der Waals surface area contributed by atoms with Crippen LogP contribution in [0.1, 0.15) is 21.6 Å². The average molecular weight is 459 g/mol. The second-order valence-electron chi connectivity index (χ2n) is 7.86. The third kappa shape index (κ3) is 4.90. The number of fused-ring (bicyclic) bond motifs is 1. The summed E-state index contributed by atoms with van der Waals surface area (Å²) in [7, 11) is 3.77. The zero-order chi connectivity index (χ0) is 23.8. The van der Waals surface area contributed by atoms with E-state index in [-0.39, 0.29) is 23.8 Å². The Hall–Kier alpha value is -3.66. The summed E-state index contributed by atoms with van der Waals surface area (Å²) < 4.78 is 55.1. The molecule has 0 spiro atoms. The Morgan fingerprint density at radius 2 is 1.94 bits per heavy atom. The van der Waals surface area contributed by atoms with Gasteiger partial charge in [0.15, 0.2) is 0 Å². The highest BCUT2D eigenvalue weighted by Crippen LogP contribution is 2.33. The molecule has 0 bridgehead atoms. The van der Waals surface area contributed by atoms with Crippen LogP contribution in [0.15, 0.2) is 65.9 Å². The first-order chi connectivity index (χ1) is 15.6. The lowest BCUT2D eigenvalue weighted by Crippen LogP contribution is -2.40. The van der Waals surface area contributed by atoms with E-state index in [0.717, 1.165) is 12.1 Å². The van der Waals surface area contributed by atoms with Gasteiger partial charge in [0, 0.05) is 29.9 Å². The normalized spacial score (nSPS) is 16.1. The molecule has 1 aliphatic heterocycles. The number of halogens is 4. The van der Waals surface area contributed by atoms with E-state index in [9.17, 15) is 22.4 Å². The lowest BCUT2D eigenvalue weighted by molar-refractivity contribution is -0.137. The van der Waals surface area contributed by atoms with E-state index in [4.69, 9.17) is 0 Å². The summed E-state index contributed by atoms with van der Waals surface area (Å²) in [6.07, 6.45) is 0.508. The van der Waals surface area contributed by atoms with Crippen molar-refractivity contribution in [2.75, 3.05) is 14.1 Å². The number of hydrogen-bond acceptors (Lipinski definition) is 4. The molecule has 0 saturated heterocycles. The number of amides is 1. The zero-order valence-corrected chi connectivity index (χ0v) is 17.8. The summed E-state index contributed by atoms with van der Waals surface area (Å²) in [4.78, 5) is 15.0. The highest BCUT2D eigenvalue weighted by molar-refractivity contribution is 5.99. The van der Waals surface area contributed by atoms with Gasteiger partial charge in [-0.25, -0.2) is 9.82 Å². The molecular formula is C23H21F4N5O. The number of benzene rings is 2. The molecule has 3 aromatic rings. The fourth-order valence-corrected chi connectivity index (χ4v) is 3.54. The monoisotopic (exact) mass is 459 g/mol. The average Bonchev–Trinajstić information content (AvgIpc) is 3.11. The van der Waals surface area contributed by atoms with Gasteiger partial charge in [-0.15, -0.1) is 0 Å². The van der Waals surface area contributed by atoms with E-state index in [1.54, 1.807) is 18.5 Å². The van der Waals surface area contributed by atoms with E-state index in [0.29, 0.717) is 10.9 Å². The number of alkyl halides is 3. The van der Waals surface area contributed by atoms with Crippen LogP contribution in [-0.2, 0) is 12.7 Å². The standard InChI is InChI=1S/C23H21F4N5O/c1-30(2)19-8-9-32(28-13-19)29-22(33)21-11-16-6-7-17(23(25,26)27)12-20(16)31(21)14-15-4-3-5-18(24)10-15/h3-13,19H,14H2,1-2H3,(H,29,33). The van der Waals surface area contributed by atoms with Crippen LogP contribution in [0.5, 0.6) is 0 Å². The number of rotatable bonds is 5. The number of carbonyl (C=O) groups is 1. The van der Waals surface area contributed by atoms with Gasteiger partial charge in [-0.3, -0.25) is 9.69 Å². The number of carbonyl (C=O) groups excluding carboxylic acids is 1. The van der Waals surface area contributed by atoms with Gasteiger partial charge in [0.2, 0.25) is 0 Å². The van der Waals surface area contributed by atoms with E-state index in [2.05, 4.69) is 10.5 Å². The van der Waals surface area contributed by atoms with Crippen molar-refractivity contribution >= 4 is 23.0 Å². The summed E-state index contributed by atoms with van der Waals surface area (Å²) >= 11 is 0. The first-order valence-electron chi connectivity index (χ1n) is 10.1. The largest absolute Gasteiger partial charge is 0.416 e. The minimum absolute atomic E-state index is 0.00708. The molecule has 4 rings (SSSR count). The third-order valence-electron chi connectivity index (χ3n) is 5.27. The molecule has 1 aromatic heterocycles. The van der Waals surface area contributed by atoms with E-state index < -0.39 is 23.5 Å². The first kappa shape index (κ1) is 22.5. The summed E-state index contributed by atoms with van der Waals surface area (Å²) in [6, 6.07) is 10.4. The number of hydrazone groups is 1. The second kappa shape index (κ2) is 8.70. The van der Waals surface area contributed by atoms with Crippen LogP contribution in [0.4, 0.5) is 17.6 Å². The molecule has 0 radical (unpaired) electrons. The van der Waals surface area contributed by atoms with E-state index >= 15 is 0 Å². The van der Waals surface area contributed by atoms with E-state index in [1.807, 2.05) is 25.1 Å². The summed E-state index contributed by atoms with van der Waals surface area (Å²) in [5.41, 5.74) is 2.61. The number of nitrogens with one attached hydrogen (secondary N) is 1. The van der Waals surface area contributed by atoms with Gasteiger partial charge in [-0.2, -0.15) is 23.4 Å². The minimum Gasteiger partial charge on any atom is -0.332 e. The molecule has 33 heavy (non-hydrogen) atoms. The van der Waals surface area contributed by atoms with Crippen LogP contribution in [0.3, 0.4) is 0 Å². The predicted molar refractivity (Wildman–Crippen MR) is 117 cm³/mol. The first-order valence-corrected chi connectivity index (χ1v) is 10.1. The molecule has 6 nitrogen and oxygen atoms in total. The lowest BCUT2D eigenvalue weighted by atomic mass is 10.1. The van der Waals surface area contributed by atoms with Gasteiger partial charge in [-0.05, 0) is 56.1 Å². The number of aromatic nitrogens is 1. The molecule has 1 unspecified atom stereocenters.